The van der Waals surface area contributed by atoms with Crippen LogP contribution in [0.1, 0.15) is 36.1 Å². The number of hydrogen-bond donors (Lipinski definition) is 2. The summed E-state index contributed by atoms with van der Waals surface area (Å²) < 4.78 is 5.72. The molecule has 1 aliphatic heterocycles. The molecule has 4 aromatic rings. The summed E-state index contributed by atoms with van der Waals surface area (Å²) in [5.74, 6) is 0.668. The van der Waals surface area contributed by atoms with Crippen molar-refractivity contribution in [1.82, 2.24) is 25.1 Å². The van der Waals surface area contributed by atoms with E-state index >= 15 is 0 Å². The Morgan fingerprint density at radius 2 is 2.06 bits per heavy atom. The molecule has 3 aromatic heterocycles. The maximum Gasteiger partial charge on any atom is 0.251 e. The van der Waals surface area contributed by atoms with Gasteiger partial charge in [0.05, 0.1) is 12.6 Å². The Bertz CT molecular complexity index is 1420. The van der Waals surface area contributed by atoms with E-state index < -0.39 is 6.10 Å². The highest BCUT2D eigenvalue weighted by Crippen LogP contribution is 2.39. The molecule has 1 atom stereocenters. The Kier molecular flexibility index (Phi) is 5.25. The number of nitrogens with one attached hydrogen (secondary N) is 1. The Labute approximate surface area is 203 Å². The standard InChI is InChI=1S/C27H27N5O3/c1-15(33)27(34)32-13-18(14-32)21-10-9-17(12-28-21)24-26-22(30-31-24)11-23(35-2)25(29-26)20-8-4-6-16-5-3-7-19(16)20/h4,6,8-12,15,18,33H,3,5,7,13-14H2,1-2H3,(H,30,31)/t15-/m0/s1. The lowest BCUT2D eigenvalue weighted by atomic mass is 9.94. The molecule has 8 nitrogen and oxygen atoms in total. The van der Waals surface area contributed by atoms with Crippen molar-refractivity contribution in [2.75, 3.05) is 20.2 Å². The first-order chi connectivity index (χ1) is 17.0. The SMILES string of the molecule is COc1cc2[nH]nc(-c3ccc(C4CN(C(=O)[C@H](C)O)C4)nc3)c2nc1-c1cccc2c1CCC2. The summed E-state index contributed by atoms with van der Waals surface area (Å²) in [5, 5.41) is 17.1. The molecular formula is C27H27N5O3. The summed E-state index contributed by atoms with van der Waals surface area (Å²) in [6.07, 6.45) is 4.18. The van der Waals surface area contributed by atoms with Gasteiger partial charge < -0.3 is 14.7 Å². The van der Waals surface area contributed by atoms with Gasteiger partial charge in [0.2, 0.25) is 0 Å². The molecule has 1 saturated heterocycles. The first kappa shape index (κ1) is 21.7. The van der Waals surface area contributed by atoms with E-state index in [4.69, 9.17) is 9.72 Å². The number of likely N-dealkylation sites (tertiary alicyclic amines) is 1. The second kappa shape index (κ2) is 8.46. The maximum atomic E-state index is 11.9. The van der Waals surface area contributed by atoms with Crippen LogP contribution in [0, 0.1) is 0 Å². The molecule has 2 aliphatic rings. The molecule has 1 aliphatic carbocycles. The number of rotatable bonds is 5. The van der Waals surface area contributed by atoms with Crippen LogP contribution in [0.25, 0.3) is 33.5 Å². The summed E-state index contributed by atoms with van der Waals surface area (Å²) in [4.78, 5) is 23.3. The Hall–Kier alpha value is -3.78. The van der Waals surface area contributed by atoms with Crippen molar-refractivity contribution in [3.05, 3.63) is 59.4 Å². The number of aromatic nitrogens is 4. The van der Waals surface area contributed by atoms with Gasteiger partial charge in [-0.05, 0) is 49.4 Å². The topological polar surface area (TPSA) is 104 Å². The van der Waals surface area contributed by atoms with Crippen LogP contribution in [-0.4, -0.2) is 62.4 Å². The van der Waals surface area contributed by atoms with Crippen molar-refractivity contribution < 1.29 is 14.6 Å². The number of benzene rings is 1. The van der Waals surface area contributed by atoms with Gasteiger partial charge >= 0.3 is 0 Å². The second-order valence-corrected chi connectivity index (χ2v) is 9.39. The van der Waals surface area contributed by atoms with Gasteiger partial charge in [-0.15, -0.1) is 0 Å². The number of aromatic amines is 1. The summed E-state index contributed by atoms with van der Waals surface area (Å²) >= 11 is 0. The minimum atomic E-state index is -0.966. The third-order valence-electron chi connectivity index (χ3n) is 7.15. The highest BCUT2D eigenvalue weighted by atomic mass is 16.5. The monoisotopic (exact) mass is 469 g/mol. The van der Waals surface area contributed by atoms with E-state index in [-0.39, 0.29) is 11.8 Å². The van der Waals surface area contributed by atoms with E-state index in [0.717, 1.165) is 64.3 Å². The molecule has 1 aromatic carbocycles. The number of nitrogens with zero attached hydrogens (tertiary/aromatic N) is 4. The van der Waals surface area contributed by atoms with Crippen LogP contribution in [0.5, 0.6) is 5.75 Å². The second-order valence-electron chi connectivity index (χ2n) is 9.39. The highest BCUT2D eigenvalue weighted by molar-refractivity contribution is 5.93. The van der Waals surface area contributed by atoms with E-state index in [0.29, 0.717) is 13.1 Å². The molecule has 6 rings (SSSR count). The lowest BCUT2D eigenvalue weighted by Gasteiger charge is -2.39. The van der Waals surface area contributed by atoms with E-state index in [9.17, 15) is 9.90 Å². The molecule has 4 heterocycles. The van der Waals surface area contributed by atoms with Gasteiger partial charge in [0.25, 0.3) is 5.91 Å². The van der Waals surface area contributed by atoms with Gasteiger partial charge in [0, 0.05) is 48.1 Å². The normalized spacial score (nSPS) is 16.3. The molecule has 35 heavy (non-hydrogen) atoms. The number of amides is 1. The molecule has 1 fully saturated rings. The third-order valence-corrected chi connectivity index (χ3v) is 7.15. The fourth-order valence-electron chi connectivity index (χ4n) is 5.22. The van der Waals surface area contributed by atoms with E-state index in [1.807, 2.05) is 24.4 Å². The molecule has 0 unspecified atom stereocenters. The van der Waals surface area contributed by atoms with Crippen LogP contribution >= 0.6 is 0 Å². The predicted octanol–water partition coefficient (Wildman–Crippen LogP) is 3.49. The number of aliphatic hydroxyl groups is 1. The zero-order valence-electron chi connectivity index (χ0n) is 19.8. The van der Waals surface area contributed by atoms with Crippen molar-refractivity contribution in [2.45, 2.75) is 38.2 Å². The molecule has 2 N–H and O–H groups in total. The van der Waals surface area contributed by atoms with Gasteiger partial charge in [0.1, 0.15) is 28.8 Å². The average Bonchev–Trinajstić information content (AvgIpc) is 3.49. The number of ether oxygens (including phenoxy) is 1. The molecule has 1 amide bonds. The van der Waals surface area contributed by atoms with Gasteiger partial charge in [-0.2, -0.15) is 5.10 Å². The Morgan fingerprint density at radius 1 is 1.20 bits per heavy atom. The van der Waals surface area contributed by atoms with Gasteiger partial charge in [-0.1, -0.05) is 18.2 Å². The molecule has 0 radical (unpaired) electrons. The van der Waals surface area contributed by atoms with E-state index in [1.165, 1.54) is 18.1 Å². The smallest absolute Gasteiger partial charge is 0.251 e. The Balaban J connectivity index is 1.33. The summed E-state index contributed by atoms with van der Waals surface area (Å²) in [6, 6.07) is 12.4. The largest absolute Gasteiger partial charge is 0.494 e. The zero-order chi connectivity index (χ0) is 24.1. The van der Waals surface area contributed by atoms with Crippen LogP contribution in [0.3, 0.4) is 0 Å². The predicted molar refractivity (Wildman–Crippen MR) is 132 cm³/mol. The quantitative estimate of drug-likeness (QED) is 0.464. The minimum Gasteiger partial charge on any atom is -0.494 e. The van der Waals surface area contributed by atoms with Crippen LogP contribution in [-0.2, 0) is 17.6 Å². The number of hydrogen-bond acceptors (Lipinski definition) is 6. The van der Waals surface area contributed by atoms with Crippen molar-refractivity contribution in [3.63, 3.8) is 0 Å². The first-order valence-corrected chi connectivity index (χ1v) is 12.0. The van der Waals surface area contributed by atoms with Crippen LogP contribution < -0.4 is 4.74 Å². The van der Waals surface area contributed by atoms with Crippen molar-refractivity contribution in [1.29, 1.82) is 0 Å². The fraction of sp³-hybridized carbons (Fsp3) is 0.333. The number of aryl methyl sites for hydroxylation is 1. The minimum absolute atomic E-state index is 0.178. The van der Waals surface area contributed by atoms with E-state index in [2.05, 4.69) is 33.4 Å². The zero-order valence-corrected chi connectivity index (χ0v) is 19.8. The van der Waals surface area contributed by atoms with E-state index in [1.54, 1.807) is 12.0 Å². The molecule has 0 spiro atoms. The van der Waals surface area contributed by atoms with Crippen molar-refractivity contribution in [2.24, 2.45) is 0 Å². The number of pyridine rings is 2. The summed E-state index contributed by atoms with van der Waals surface area (Å²) in [7, 11) is 1.67. The lowest BCUT2D eigenvalue weighted by Crippen LogP contribution is -2.51. The molecule has 0 saturated carbocycles. The lowest BCUT2D eigenvalue weighted by molar-refractivity contribution is -0.143. The van der Waals surface area contributed by atoms with Gasteiger partial charge in [-0.25, -0.2) is 4.98 Å². The molecule has 0 bridgehead atoms. The number of carbonyl (C=O) groups is 1. The Morgan fingerprint density at radius 3 is 2.80 bits per heavy atom. The van der Waals surface area contributed by atoms with Gasteiger partial charge in [-0.3, -0.25) is 14.9 Å². The molecular weight excluding hydrogens is 442 g/mol. The van der Waals surface area contributed by atoms with Crippen molar-refractivity contribution >= 4 is 16.9 Å². The van der Waals surface area contributed by atoms with Crippen LogP contribution in [0.4, 0.5) is 0 Å². The number of fused-ring (bicyclic) bond motifs is 2. The number of aliphatic hydroxyl groups excluding tert-OH is 1. The summed E-state index contributed by atoms with van der Waals surface area (Å²) in [6.45, 7) is 2.65. The third kappa shape index (κ3) is 3.65. The number of H-pyrrole nitrogens is 1. The summed E-state index contributed by atoms with van der Waals surface area (Å²) in [5.41, 5.74) is 8.85. The highest BCUT2D eigenvalue weighted by Gasteiger charge is 2.34. The molecule has 8 heteroatoms. The maximum absolute atomic E-state index is 11.9. The van der Waals surface area contributed by atoms with Crippen molar-refractivity contribution in [3.8, 4) is 28.3 Å². The first-order valence-electron chi connectivity index (χ1n) is 12.0. The average molecular weight is 470 g/mol. The van der Waals surface area contributed by atoms with Crippen LogP contribution in [0.2, 0.25) is 0 Å². The van der Waals surface area contributed by atoms with Gasteiger partial charge in [0.15, 0.2) is 0 Å². The fourth-order valence-corrected chi connectivity index (χ4v) is 5.22. The van der Waals surface area contributed by atoms with Crippen LogP contribution in [0.15, 0.2) is 42.6 Å². The number of carbonyl (C=O) groups excluding carboxylic acids is 1. The molecule has 178 valence electrons. The number of methoxy groups -OCH3 is 1.